The van der Waals surface area contributed by atoms with Crippen molar-refractivity contribution in [3.8, 4) is 0 Å². The third-order valence-electron chi connectivity index (χ3n) is 3.23. The lowest BCUT2D eigenvalue weighted by Gasteiger charge is -2.36. The Morgan fingerprint density at radius 1 is 1.32 bits per heavy atom. The molecule has 0 saturated carbocycles. The number of amides is 1. The molecule has 0 spiro atoms. The number of rotatable bonds is 2. The maximum atomic E-state index is 12.0. The SMILES string of the molecule is CC(C)(C)OC(=O)N1CCN(C(N)=NCc2ccco2)CC1. The molecule has 22 heavy (non-hydrogen) atoms. The van der Waals surface area contributed by atoms with Crippen LogP contribution in [0.2, 0.25) is 0 Å². The summed E-state index contributed by atoms with van der Waals surface area (Å²) in [7, 11) is 0. The summed E-state index contributed by atoms with van der Waals surface area (Å²) in [5, 5.41) is 0. The number of carbonyl (C=O) groups excluding carboxylic acids is 1. The standard InChI is InChI=1S/C15H24N4O3/c1-15(2,3)22-14(20)19-8-6-18(7-9-19)13(16)17-11-12-5-4-10-21-12/h4-5,10H,6-9,11H2,1-3H3,(H2,16,17). The number of guanidine groups is 1. The smallest absolute Gasteiger partial charge is 0.410 e. The lowest BCUT2D eigenvalue weighted by molar-refractivity contribution is 0.0186. The average Bonchev–Trinajstić information content (AvgIpc) is 2.96. The zero-order valence-corrected chi connectivity index (χ0v) is 13.4. The lowest BCUT2D eigenvalue weighted by atomic mass is 10.2. The second-order valence-electron chi connectivity index (χ2n) is 6.21. The number of aliphatic imine (C=N–C) groups is 1. The van der Waals surface area contributed by atoms with Crippen LogP contribution in [0.1, 0.15) is 26.5 Å². The summed E-state index contributed by atoms with van der Waals surface area (Å²) < 4.78 is 10.6. The zero-order valence-electron chi connectivity index (χ0n) is 13.4. The van der Waals surface area contributed by atoms with Crippen LogP contribution in [-0.2, 0) is 11.3 Å². The van der Waals surface area contributed by atoms with Crippen molar-refractivity contribution < 1.29 is 13.9 Å². The van der Waals surface area contributed by atoms with E-state index in [0.29, 0.717) is 38.7 Å². The summed E-state index contributed by atoms with van der Waals surface area (Å²) in [5.41, 5.74) is 5.51. The minimum atomic E-state index is -0.474. The molecule has 1 aliphatic heterocycles. The second kappa shape index (κ2) is 6.72. The molecular weight excluding hydrogens is 284 g/mol. The van der Waals surface area contributed by atoms with Crippen molar-refractivity contribution in [2.75, 3.05) is 26.2 Å². The minimum Gasteiger partial charge on any atom is -0.467 e. The summed E-state index contributed by atoms with van der Waals surface area (Å²) in [6, 6.07) is 3.68. The van der Waals surface area contributed by atoms with Gasteiger partial charge in [-0.2, -0.15) is 0 Å². The molecule has 1 aromatic heterocycles. The molecule has 0 bridgehead atoms. The average molecular weight is 308 g/mol. The van der Waals surface area contributed by atoms with Gasteiger partial charge in [-0.3, -0.25) is 0 Å². The van der Waals surface area contributed by atoms with E-state index in [2.05, 4.69) is 4.99 Å². The van der Waals surface area contributed by atoms with Crippen LogP contribution in [0.3, 0.4) is 0 Å². The van der Waals surface area contributed by atoms with Crippen LogP contribution in [0.15, 0.2) is 27.8 Å². The Balaban J connectivity index is 1.81. The highest BCUT2D eigenvalue weighted by atomic mass is 16.6. The zero-order chi connectivity index (χ0) is 16.2. The quantitative estimate of drug-likeness (QED) is 0.663. The van der Waals surface area contributed by atoms with E-state index < -0.39 is 5.60 Å². The number of hydrogen-bond acceptors (Lipinski definition) is 4. The van der Waals surface area contributed by atoms with Crippen LogP contribution in [0, 0.1) is 0 Å². The Bertz CT molecular complexity index is 511. The van der Waals surface area contributed by atoms with E-state index in [1.165, 1.54) is 0 Å². The van der Waals surface area contributed by atoms with E-state index in [0.717, 1.165) is 5.76 Å². The Hall–Kier alpha value is -2.18. The van der Waals surface area contributed by atoms with E-state index in [-0.39, 0.29) is 6.09 Å². The van der Waals surface area contributed by atoms with Gasteiger partial charge in [-0.1, -0.05) is 0 Å². The van der Waals surface area contributed by atoms with Crippen LogP contribution in [0.4, 0.5) is 4.79 Å². The maximum Gasteiger partial charge on any atom is 0.410 e. The molecular formula is C15H24N4O3. The number of piperazine rings is 1. The van der Waals surface area contributed by atoms with Gasteiger partial charge in [0.2, 0.25) is 0 Å². The summed E-state index contributed by atoms with van der Waals surface area (Å²) in [5.74, 6) is 1.25. The van der Waals surface area contributed by atoms with Crippen molar-refractivity contribution in [1.82, 2.24) is 9.80 Å². The first-order chi connectivity index (χ1) is 10.3. The highest BCUT2D eigenvalue weighted by molar-refractivity contribution is 5.78. The number of ether oxygens (including phenoxy) is 1. The lowest BCUT2D eigenvalue weighted by Crippen LogP contribution is -2.53. The third kappa shape index (κ3) is 4.68. The van der Waals surface area contributed by atoms with E-state index in [1.54, 1.807) is 11.2 Å². The Morgan fingerprint density at radius 2 is 1.95 bits per heavy atom. The summed E-state index contributed by atoms with van der Waals surface area (Å²) in [6.07, 6.45) is 1.33. The highest BCUT2D eigenvalue weighted by Gasteiger charge is 2.26. The Kier molecular flexibility index (Phi) is 4.95. The molecule has 2 rings (SSSR count). The molecule has 7 heteroatoms. The van der Waals surface area contributed by atoms with Crippen LogP contribution in [0.25, 0.3) is 0 Å². The first kappa shape index (κ1) is 16.2. The van der Waals surface area contributed by atoms with Gasteiger partial charge in [0.1, 0.15) is 17.9 Å². The molecule has 2 heterocycles. The van der Waals surface area contributed by atoms with Gasteiger partial charge < -0.3 is 24.7 Å². The largest absolute Gasteiger partial charge is 0.467 e. The van der Waals surface area contributed by atoms with E-state index in [9.17, 15) is 4.79 Å². The van der Waals surface area contributed by atoms with Gasteiger partial charge in [-0.25, -0.2) is 9.79 Å². The van der Waals surface area contributed by atoms with Gasteiger partial charge in [0.15, 0.2) is 5.96 Å². The van der Waals surface area contributed by atoms with Crippen molar-refractivity contribution >= 4 is 12.1 Å². The number of nitrogens with two attached hydrogens (primary N) is 1. The van der Waals surface area contributed by atoms with Gasteiger partial charge in [-0.05, 0) is 32.9 Å². The number of furan rings is 1. The van der Waals surface area contributed by atoms with Crippen molar-refractivity contribution in [3.63, 3.8) is 0 Å². The predicted octanol–water partition coefficient (Wildman–Crippen LogP) is 1.65. The van der Waals surface area contributed by atoms with Crippen LogP contribution in [0.5, 0.6) is 0 Å². The van der Waals surface area contributed by atoms with Crippen molar-refractivity contribution in [1.29, 1.82) is 0 Å². The Morgan fingerprint density at radius 3 is 2.50 bits per heavy atom. The number of carbonyl (C=O) groups is 1. The molecule has 1 amide bonds. The molecule has 1 fully saturated rings. The molecule has 1 aliphatic rings. The van der Waals surface area contributed by atoms with E-state index in [4.69, 9.17) is 14.9 Å². The fourth-order valence-corrected chi connectivity index (χ4v) is 2.11. The highest BCUT2D eigenvalue weighted by Crippen LogP contribution is 2.12. The Labute approximate surface area is 130 Å². The number of nitrogens with zero attached hydrogens (tertiary/aromatic N) is 3. The van der Waals surface area contributed by atoms with Gasteiger partial charge in [0, 0.05) is 26.2 Å². The maximum absolute atomic E-state index is 12.0. The molecule has 0 aliphatic carbocycles. The van der Waals surface area contributed by atoms with Crippen molar-refractivity contribution in [2.24, 2.45) is 10.7 Å². The normalized spacial score (nSPS) is 16.8. The predicted molar refractivity (Wildman–Crippen MR) is 83.4 cm³/mol. The van der Waals surface area contributed by atoms with Crippen molar-refractivity contribution in [3.05, 3.63) is 24.2 Å². The molecule has 1 saturated heterocycles. The molecule has 7 nitrogen and oxygen atoms in total. The molecule has 0 radical (unpaired) electrons. The molecule has 2 N–H and O–H groups in total. The third-order valence-corrected chi connectivity index (χ3v) is 3.23. The summed E-state index contributed by atoms with van der Waals surface area (Å²) in [4.78, 5) is 20.0. The molecule has 122 valence electrons. The fourth-order valence-electron chi connectivity index (χ4n) is 2.11. The topological polar surface area (TPSA) is 84.3 Å². The van der Waals surface area contributed by atoms with E-state index in [1.807, 2.05) is 37.8 Å². The minimum absolute atomic E-state index is 0.279. The van der Waals surface area contributed by atoms with Gasteiger partial charge >= 0.3 is 6.09 Å². The summed E-state index contributed by atoms with van der Waals surface area (Å²) in [6.45, 7) is 8.45. The summed E-state index contributed by atoms with van der Waals surface area (Å²) >= 11 is 0. The molecule has 0 atom stereocenters. The monoisotopic (exact) mass is 308 g/mol. The van der Waals surface area contributed by atoms with E-state index >= 15 is 0 Å². The first-order valence-electron chi connectivity index (χ1n) is 7.40. The van der Waals surface area contributed by atoms with Gasteiger partial charge in [0.05, 0.1) is 6.26 Å². The fraction of sp³-hybridized carbons (Fsp3) is 0.600. The first-order valence-corrected chi connectivity index (χ1v) is 7.40. The van der Waals surface area contributed by atoms with Gasteiger partial charge in [-0.15, -0.1) is 0 Å². The molecule has 0 unspecified atom stereocenters. The van der Waals surface area contributed by atoms with Crippen LogP contribution >= 0.6 is 0 Å². The van der Waals surface area contributed by atoms with Gasteiger partial charge in [0.25, 0.3) is 0 Å². The molecule has 1 aromatic rings. The van der Waals surface area contributed by atoms with Crippen LogP contribution < -0.4 is 5.73 Å². The van der Waals surface area contributed by atoms with Crippen molar-refractivity contribution in [2.45, 2.75) is 32.9 Å². The number of hydrogen-bond donors (Lipinski definition) is 1. The molecule has 0 aromatic carbocycles. The second-order valence-corrected chi connectivity index (χ2v) is 6.21. The van der Waals surface area contributed by atoms with Crippen LogP contribution in [-0.4, -0.2) is 53.6 Å².